The number of unbranched alkanes of at least 4 members (excludes halogenated alkanes) is 1. The van der Waals surface area contributed by atoms with Crippen LogP contribution in [0.15, 0.2) is 54.7 Å². The van der Waals surface area contributed by atoms with Gasteiger partial charge in [0.05, 0.1) is 5.52 Å². The second kappa shape index (κ2) is 12.0. The molecule has 5 nitrogen and oxygen atoms in total. The molecule has 0 radical (unpaired) electrons. The summed E-state index contributed by atoms with van der Waals surface area (Å²) in [5, 5.41) is 4.14. The largest absolute Gasteiger partial charge is 0.371 e. The average Bonchev–Trinajstić information content (AvgIpc) is 2.89. The second-order valence-electron chi connectivity index (χ2n) is 9.59. The molecule has 3 aromatic rings. The molecule has 0 saturated carbocycles. The number of anilines is 1. The summed E-state index contributed by atoms with van der Waals surface area (Å²) < 4.78 is 0. The molecule has 1 aromatic heterocycles. The van der Waals surface area contributed by atoms with E-state index < -0.39 is 0 Å². The van der Waals surface area contributed by atoms with Crippen LogP contribution in [0.2, 0.25) is 0 Å². The Bertz CT molecular complexity index is 1150. The molecule has 0 spiro atoms. The number of pyridine rings is 1. The molecule has 0 unspecified atom stereocenters. The summed E-state index contributed by atoms with van der Waals surface area (Å²) in [5.41, 5.74) is 5.04. The van der Waals surface area contributed by atoms with Crippen LogP contribution in [-0.2, 0) is 11.2 Å². The monoisotopic (exact) mass is 471 g/mol. The van der Waals surface area contributed by atoms with Crippen molar-refractivity contribution in [1.29, 1.82) is 0 Å². The van der Waals surface area contributed by atoms with Crippen LogP contribution >= 0.6 is 0 Å². The number of nitrogens with one attached hydrogen (secondary N) is 1. The number of Topliss-reactive ketones (excluding diaryl/α,β-unsaturated/α-hetero) is 1. The Morgan fingerprint density at radius 2 is 1.80 bits per heavy atom. The molecular formula is C30H37N3O2. The summed E-state index contributed by atoms with van der Waals surface area (Å²) in [4.78, 5) is 32.5. The Hall–Kier alpha value is -3.21. The molecule has 0 aliphatic carbocycles. The van der Waals surface area contributed by atoms with E-state index in [9.17, 15) is 9.59 Å². The van der Waals surface area contributed by atoms with E-state index in [1.54, 1.807) is 6.20 Å². The first kappa shape index (κ1) is 24.9. The maximum atomic E-state index is 13.0. The lowest BCUT2D eigenvalue weighted by Crippen LogP contribution is -2.40. The molecule has 5 heteroatoms. The van der Waals surface area contributed by atoms with Crippen molar-refractivity contribution in [2.24, 2.45) is 5.92 Å². The summed E-state index contributed by atoms with van der Waals surface area (Å²) >= 11 is 0. The van der Waals surface area contributed by atoms with E-state index in [0.717, 1.165) is 79.5 Å². The van der Waals surface area contributed by atoms with Gasteiger partial charge in [0.2, 0.25) is 5.91 Å². The summed E-state index contributed by atoms with van der Waals surface area (Å²) in [6.45, 7) is 6.66. The molecule has 1 N–H and O–H groups in total. The van der Waals surface area contributed by atoms with Gasteiger partial charge in [0.25, 0.3) is 0 Å². The second-order valence-corrected chi connectivity index (χ2v) is 9.59. The quantitative estimate of drug-likeness (QED) is 0.294. The molecule has 1 fully saturated rings. The summed E-state index contributed by atoms with van der Waals surface area (Å²) in [6.07, 6.45) is 7.66. The van der Waals surface area contributed by atoms with Crippen LogP contribution in [0.4, 0.5) is 5.69 Å². The van der Waals surface area contributed by atoms with E-state index in [4.69, 9.17) is 0 Å². The Morgan fingerprint density at radius 1 is 1.03 bits per heavy atom. The molecule has 184 valence electrons. The summed E-state index contributed by atoms with van der Waals surface area (Å²) in [6, 6.07) is 16.7. The molecule has 35 heavy (non-hydrogen) atoms. The molecule has 1 saturated heterocycles. The highest BCUT2D eigenvalue weighted by Gasteiger charge is 2.25. The fourth-order valence-corrected chi connectivity index (χ4v) is 4.96. The van der Waals surface area contributed by atoms with E-state index in [0.29, 0.717) is 12.8 Å². The lowest BCUT2D eigenvalue weighted by molar-refractivity contribution is -0.125. The molecule has 1 amide bonds. The Balaban J connectivity index is 1.59. The number of hydrogen-bond acceptors (Lipinski definition) is 4. The highest BCUT2D eigenvalue weighted by atomic mass is 16.2. The van der Waals surface area contributed by atoms with E-state index in [-0.39, 0.29) is 17.6 Å². The van der Waals surface area contributed by atoms with Crippen molar-refractivity contribution in [2.45, 2.75) is 58.8 Å². The Kier molecular flexibility index (Phi) is 8.51. The third-order valence-electron chi connectivity index (χ3n) is 7.02. The zero-order chi connectivity index (χ0) is 24.6. The number of nitrogens with zero attached hydrogens (tertiary/aromatic N) is 2. The maximum Gasteiger partial charge on any atom is 0.223 e. The third-order valence-corrected chi connectivity index (χ3v) is 7.02. The van der Waals surface area contributed by atoms with Crippen molar-refractivity contribution >= 4 is 28.3 Å². The minimum Gasteiger partial charge on any atom is -0.371 e. The maximum absolute atomic E-state index is 13.0. The molecular weight excluding hydrogens is 434 g/mol. The van der Waals surface area contributed by atoms with Gasteiger partial charge in [0, 0.05) is 54.8 Å². The molecule has 2 aromatic carbocycles. The number of rotatable bonds is 10. The van der Waals surface area contributed by atoms with Crippen molar-refractivity contribution in [3.8, 4) is 0 Å². The first-order chi connectivity index (χ1) is 17.1. The number of benzene rings is 2. The van der Waals surface area contributed by atoms with E-state index >= 15 is 0 Å². The van der Waals surface area contributed by atoms with Crippen LogP contribution < -0.4 is 10.2 Å². The number of hydrogen-bond donors (Lipinski definition) is 1. The van der Waals surface area contributed by atoms with Gasteiger partial charge >= 0.3 is 0 Å². The zero-order valence-corrected chi connectivity index (χ0v) is 21.1. The first-order valence-corrected chi connectivity index (χ1v) is 13.1. The molecule has 0 atom stereocenters. The van der Waals surface area contributed by atoms with Crippen LogP contribution in [0.3, 0.4) is 0 Å². The van der Waals surface area contributed by atoms with Crippen molar-refractivity contribution in [2.75, 3.05) is 24.5 Å². The van der Waals surface area contributed by atoms with Crippen molar-refractivity contribution in [1.82, 2.24) is 10.3 Å². The number of fused-ring (bicyclic) bond motifs is 1. The zero-order valence-electron chi connectivity index (χ0n) is 21.1. The highest BCUT2D eigenvalue weighted by molar-refractivity contribution is 6.02. The SMILES string of the molecule is CCCCNC(=O)C1CCN(c2ccc3ncc(C(=O)CCC)c(Cc4ccccc4)c3c2)CC1. The van der Waals surface area contributed by atoms with Crippen LogP contribution in [0.1, 0.15) is 73.9 Å². The standard InChI is InChI=1S/C30H37N3O2/c1-3-5-16-31-30(35)23-14-17-33(18-15-23)24-12-13-28-26(20-24)25(19-22-10-7-6-8-11-22)27(21-32-28)29(34)9-4-2/h6-8,10-13,20-21,23H,3-5,9,14-19H2,1-2H3,(H,31,35). The fraction of sp³-hybridized carbons (Fsp3) is 0.433. The minimum atomic E-state index is 0.0946. The van der Waals surface area contributed by atoms with Gasteiger partial charge in [0.15, 0.2) is 5.78 Å². The van der Waals surface area contributed by atoms with E-state index in [1.165, 1.54) is 5.56 Å². The van der Waals surface area contributed by atoms with Gasteiger partial charge in [-0.1, -0.05) is 50.6 Å². The number of piperidine rings is 1. The van der Waals surface area contributed by atoms with Crippen molar-refractivity contribution in [3.63, 3.8) is 0 Å². The van der Waals surface area contributed by atoms with Gasteiger partial charge in [-0.15, -0.1) is 0 Å². The lowest BCUT2D eigenvalue weighted by atomic mass is 9.92. The van der Waals surface area contributed by atoms with E-state index in [1.807, 2.05) is 25.1 Å². The van der Waals surface area contributed by atoms with Gasteiger partial charge in [0.1, 0.15) is 0 Å². The smallest absolute Gasteiger partial charge is 0.223 e. The predicted molar refractivity (Wildman–Crippen MR) is 143 cm³/mol. The number of ketones is 1. The van der Waals surface area contributed by atoms with Crippen molar-refractivity contribution < 1.29 is 9.59 Å². The molecule has 1 aliphatic rings. The molecule has 1 aliphatic heterocycles. The summed E-state index contributed by atoms with van der Waals surface area (Å²) in [5.74, 6) is 0.454. The summed E-state index contributed by atoms with van der Waals surface area (Å²) in [7, 11) is 0. The van der Waals surface area contributed by atoms with Crippen LogP contribution in [0.5, 0.6) is 0 Å². The fourth-order valence-electron chi connectivity index (χ4n) is 4.96. The van der Waals surface area contributed by atoms with Crippen LogP contribution in [-0.4, -0.2) is 36.3 Å². The number of carbonyl (C=O) groups excluding carboxylic acids is 2. The topological polar surface area (TPSA) is 62.3 Å². The Labute approximate surface area is 208 Å². The van der Waals surface area contributed by atoms with Crippen LogP contribution in [0, 0.1) is 5.92 Å². The van der Waals surface area contributed by atoms with Gasteiger partial charge in [-0.25, -0.2) is 0 Å². The minimum absolute atomic E-state index is 0.0946. The number of aromatic nitrogens is 1. The predicted octanol–water partition coefficient (Wildman–Crippen LogP) is 5.94. The normalized spacial score (nSPS) is 14.3. The van der Waals surface area contributed by atoms with Gasteiger partial charge < -0.3 is 10.2 Å². The number of amides is 1. The lowest BCUT2D eigenvalue weighted by Gasteiger charge is -2.33. The highest BCUT2D eigenvalue weighted by Crippen LogP contribution is 2.31. The molecule has 4 rings (SSSR count). The van der Waals surface area contributed by atoms with Crippen molar-refractivity contribution in [3.05, 3.63) is 71.4 Å². The van der Waals surface area contributed by atoms with Gasteiger partial charge in [-0.05, 0) is 61.4 Å². The van der Waals surface area contributed by atoms with Gasteiger partial charge in [-0.2, -0.15) is 0 Å². The van der Waals surface area contributed by atoms with Crippen LogP contribution in [0.25, 0.3) is 10.9 Å². The number of carbonyl (C=O) groups is 2. The molecule has 0 bridgehead atoms. The first-order valence-electron chi connectivity index (χ1n) is 13.1. The third kappa shape index (κ3) is 6.08. The van der Waals surface area contributed by atoms with E-state index in [2.05, 4.69) is 52.5 Å². The average molecular weight is 472 g/mol. The Morgan fingerprint density at radius 3 is 2.51 bits per heavy atom. The van der Waals surface area contributed by atoms with Gasteiger partial charge in [-0.3, -0.25) is 14.6 Å². The molecule has 2 heterocycles.